The summed E-state index contributed by atoms with van der Waals surface area (Å²) >= 11 is 11.9. The molecule has 6 nitrogen and oxygen atoms in total. The second-order valence-electron chi connectivity index (χ2n) is 6.63. The van der Waals surface area contributed by atoms with Crippen LogP contribution in [0.1, 0.15) is 11.6 Å². The number of rotatable bonds is 8. The molecule has 29 heavy (non-hydrogen) atoms. The van der Waals surface area contributed by atoms with E-state index in [-0.39, 0.29) is 22.0 Å². The molecule has 1 atom stereocenters. The summed E-state index contributed by atoms with van der Waals surface area (Å²) in [6.45, 7) is -0.336. The van der Waals surface area contributed by atoms with Crippen LogP contribution in [0, 0.1) is 5.82 Å². The number of sulfonamides is 1. The molecule has 0 fully saturated rings. The van der Waals surface area contributed by atoms with E-state index in [4.69, 9.17) is 23.2 Å². The Morgan fingerprint density at radius 3 is 2.28 bits per heavy atom. The van der Waals surface area contributed by atoms with Gasteiger partial charge in [-0.25, -0.2) is 12.8 Å². The first-order valence-electron chi connectivity index (χ1n) is 8.63. The molecule has 0 aromatic heterocycles. The van der Waals surface area contributed by atoms with Crippen LogP contribution in [0.5, 0.6) is 0 Å². The normalized spacial score (nSPS) is 13.0. The number of halogens is 3. The van der Waals surface area contributed by atoms with Crippen LogP contribution < -0.4 is 5.32 Å². The number of hydrogen-bond acceptors (Lipinski definition) is 4. The topological polar surface area (TPSA) is 69.7 Å². The Balaban J connectivity index is 2.06. The third-order valence-corrected chi connectivity index (χ3v) is 6.74. The standard InChI is InChI=1S/C19H22Cl2FN3O3S/c1-24(2)17(19-15(21)5-4-6-16(19)22)11-23-18(26)12-25(3)29(27,28)14-9-7-13(20)8-10-14/h4-10,17H,11-12H2,1-3H3,(H,23,26). The van der Waals surface area contributed by atoms with Crippen LogP contribution in [0.15, 0.2) is 47.4 Å². The highest BCUT2D eigenvalue weighted by Crippen LogP contribution is 2.28. The summed E-state index contributed by atoms with van der Waals surface area (Å²) in [4.78, 5) is 14.1. The van der Waals surface area contributed by atoms with E-state index < -0.39 is 34.3 Å². The van der Waals surface area contributed by atoms with E-state index in [0.717, 1.165) is 4.31 Å². The molecule has 0 radical (unpaired) electrons. The average molecular weight is 462 g/mol. The number of hydrogen-bond donors (Lipinski definition) is 1. The molecule has 10 heteroatoms. The minimum absolute atomic E-state index is 0.0292. The fourth-order valence-corrected chi connectivity index (χ4v) is 4.25. The van der Waals surface area contributed by atoms with Crippen molar-refractivity contribution in [3.8, 4) is 0 Å². The highest BCUT2D eigenvalue weighted by atomic mass is 35.5. The number of amides is 1. The molecular formula is C19H22Cl2FN3O3S. The van der Waals surface area contributed by atoms with Gasteiger partial charge in [0.1, 0.15) is 5.82 Å². The lowest BCUT2D eigenvalue weighted by atomic mass is 10.1. The molecule has 0 saturated heterocycles. The highest BCUT2D eigenvalue weighted by molar-refractivity contribution is 7.89. The Bertz CT molecular complexity index is 949. The molecular weight excluding hydrogens is 440 g/mol. The van der Waals surface area contributed by atoms with Crippen molar-refractivity contribution >= 4 is 39.1 Å². The number of carbonyl (C=O) groups is 1. The molecule has 158 valence electrons. The van der Waals surface area contributed by atoms with Gasteiger partial charge in [0.25, 0.3) is 0 Å². The summed E-state index contributed by atoms with van der Waals surface area (Å²) in [6, 6.07) is 9.51. The molecule has 1 amide bonds. The molecule has 0 aliphatic carbocycles. The number of carbonyl (C=O) groups excluding carboxylic acids is 1. The first kappa shape index (κ1) is 23.6. The molecule has 2 rings (SSSR count). The first-order chi connectivity index (χ1) is 13.5. The van der Waals surface area contributed by atoms with E-state index in [9.17, 15) is 17.6 Å². The van der Waals surface area contributed by atoms with Crippen molar-refractivity contribution in [3.05, 3.63) is 63.9 Å². The molecule has 2 aromatic carbocycles. The van der Waals surface area contributed by atoms with Crippen LogP contribution in [0.2, 0.25) is 10.0 Å². The van der Waals surface area contributed by atoms with Gasteiger partial charge in [-0.2, -0.15) is 4.31 Å². The Kier molecular flexibility index (Phi) is 8.02. The van der Waals surface area contributed by atoms with Crippen LogP contribution in [-0.4, -0.2) is 57.8 Å². The molecule has 0 heterocycles. The van der Waals surface area contributed by atoms with E-state index in [1.54, 1.807) is 25.1 Å². The molecule has 0 spiro atoms. The Labute approximate surface area is 180 Å². The van der Waals surface area contributed by atoms with E-state index in [0.29, 0.717) is 5.02 Å². The van der Waals surface area contributed by atoms with Crippen molar-refractivity contribution in [3.63, 3.8) is 0 Å². The summed E-state index contributed by atoms with van der Waals surface area (Å²) in [5.41, 5.74) is 0.265. The summed E-state index contributed by atoms with van der Waals surface area (Å²) in [6.07, 6.45) is 0. The predicted octanol–water partition coefficient (Wildman–Crippen LogP) is 3.17. The van der Waals surface area contributed by atoms with Crippen molar-refractivity contribution in [1.82, 2.24) is 14.5 Å². The van der Waals surface area contributed by atoms with E-state index in [1.165, 1.54) is 43.4 Å². The predicted molar refractivity (Wildman–Crippen MR) is 112 cm³/mol. The lowest BCUT2D eigenvalue weighted by Gasteiger charge is -2.26. The van der Waals surface area contributed by atoms with E-state index >= 15 is 0 Å². The van der Waals surface area contributed by atoms with Crippen LogP contribution in [0.25, 0.3) is 0 Å². The number of likely N-dealkylation sites (N-methyl/N-ethyl adjacent to an activating group) is 2. The Morgan fingerprint density at radius 1 is 1.10 bits per heavy atom. The Hall–Kier alpha value is -1.71. The molecule has 1 N–H and O–H groups in total. The fraction of sp³-hybridized carbons (Fsp3) is 0.316. The van der Waals surface area contributed by atoms with Gasteiger partial charge in [0.05, 0.1) is 17.5 Å². The summed E-state index contributed by atoms with van der Waals surface area (Å²) < 4.78 is 40.3. The smallest absolute Gasteiger partial charge is 0.243 e. The lowest BCUT2D eigenvalue weighted by molar-refractivity contribution is -0.121. The second kappa shape index (κ2) is 9.86. The third-order valence-electron chi connectivity index (χ3n) is 4.34. The van der Waals surface area contributed by atoms with Crippen LogP contribution in [-0.2, 0) is 14.8 Å². The average Bonchev–Trinajstić information content (AvgIpc) is 2.64. The van der Waals surface area contributed by atoms with E-state index in [1.807, 2.05) is 0 Å². The third kappa shape index (κ3) is 5.90. The maximum absolute atomic E-state index is 14.2. The van der Waals surface area contributed by atoms with Gasteiger partial charge in [-0.1, -0.05) is 29.3 Å². The van der Waals surface area contributed by atoms with Crippen LogP contribution in [0.4, 0.5) is 4.39 Å². The van der Waals surface area contributed by atoms with Crippen LogP contribution in [0.3, 0.4) is 0 Å². The summed E-state index contributed by atoms with van der Waals surface area (Å²) in [5, 5.41) is 3.31. The maximum Gasteiger partial charge on any atom is 0.243 e. The first-order valence-corrected chi connectivity index (χ1v) is 10.8. The zero-order valence-electron chi connectivity index (χ0n) is 16.2. The minimum Gasteiger partial charge on any atom is -0.353 e. The molecule has 0 bridgehead atoms. The van der Waals surface area contributed by atoms with Gasteiger partial charge >= 0.3 is 0 Å². The van der Waals surface area contributed by atoms with Gasteiger partial charge in [-0.3, -0.25) is 4.79 Å². The quantitative estimate of drug-likeness (QED) is 0.655. The second-order valence-corrected chi connectivity index (χ2v) is 9.52. The molecule has 0 saturated carbocycles. The van der Waals surface area contributed by atoms with Crippen molar-refractivity contribution < 1.29 is 17.6 Å². The largest absolute Gasteiger partial charge is 0.353 e. The van der Waals surface area contributed by atoms with Crippen LogP contribution >= 0.6 is 23.2 Å². The van der Waals surface area contributed by atoms with Gasteiger partial charge in [0, 0.05) is 29.2 Å². The van der Waals surface area contributed by atoms with E-state index in [2.05, 4.69) is 5.32 Å². The number of benzene rings is 2. The zero-order valence-corrected chi connectivity index (χ0v) is 18.5. The Morgan fingerprint density at radius 2 is 1.72 bits per heavy atom. The van der Waals surface area contributed by atoms with Gasteiger partial charge in [-0.15, -0.1) is 0 Å². The molecule has 0 aliphatic heterocycles. The van der Waals surface area contributed by atoms with Gasteiger partial charge < -0.3 is 10.2 Å². The molecule has 0 aliphatic rings. The summed E-state index contributed by atoms with van der Waals surface area (Å²) in [7, 11) is 0.923. The number of nitrogens with one attached hydrogen (secondary N) is 1. The maximum atomic E-state index is 14.2. The van der Waals surface area contributed by atoms with Gasteiger partial charge in [0.15, 0.2) is 0 Å². The van der Waals surface area contributed by atoms with Crippen molar-refractivity contribution in [2.75, 3.05) is 34.2 Å². The van der Waals surface area contributed by atoms with Crippen molar-refractivity contribution in [2.45, 2.75) is 10.9 Å². The SMILES string of the molecule is CN(C)C(CNC(=O)CN(C)S(=O)(=O)c1ccc(Cl)cc1)c1c(F)cccc1Cl. The number of nitrogens with zero attached hydrogens (tertiary/aromatic N) is 2. The highest BCUT2D eigenvalue weighted by Gasteiger charge is 2.25. The molecule has 1 unspecified atom stereocenters. The monoisotopic (exact) mass is 461 g/mol. The fourth-order valence-electron chi connectivity index (χ4n) is 2.71. The van der Waals surface area contributed by atoms with Crippen molar-refractivity contribution in [1.29, 1.82) is 0 Å². The van der Waals surface area contributed by atoms with Crippen molar-refractivity contribution in [2.24, 2.45) is 0 Å². The summed E-state index contributed by atoms with van der Waals surface area (Å²) in [5.74, 6) is -1.00. The van der Waals surface area contributed by atoms with Gasteiger partial charge in [-0.05, 0) is 50.5 Å². The molecule has 2 aromatic rings. The van der Waals surface area contributed by atoms with Gasteiger partial charge in [0.2, 0.25) is 15.9 Å². The minimum atomic E-state index is -3.85. The lowest BCUT2D eigenvalue weighted by Crippen LogP contribution is -2.41. The zero-order chi connectivity index (χ0) is 21.8.